The van der Waals surface area contributed by atoms with Crippen LogP contribution in [0.15, 0.2) is 61.2 Å². The van der Waals surface area contributed by atoms with E-state index in [0.29, 0.717) is 41.3 Å². The summed E-state index contributed by atoms with van der Waals surface area (Å²) in [6.07, 6.45) is 0.0853. The van der Waals surface area contributed by atoms with Crippen LogP contribution in [0.25, 0.3) is 5.57 Å². The summed E-state index contributed by atoms with van der Waals surface area (Å²) >= 11 is 12.9. The summed E-state index contributed by atoms with van der Waals surface area (Å²) in [5.41, 5.74) is 4.36. The van der Waals surface area contributed by atoms with E-state index in [4.69, 9.17) is 32.7 Å². The van der Waals surface area contributed by atoms with Gasteiger partial charge in [0, 0.05) is 33.5 Å². The normalized spacial score (nSPS) is 24.3. The van der Waals surface area contributed by atoms with Crippen molar-refractivity contribution in [1.82, 2.24) is 5.32 Å². The number of ether oxygens (including phenoxy) is 2. The van der Waals surface area contributed by atoms with Gasteiger partial charge < -0.3 is 20.1 Å². The average molecular weight is 592 g/mol. The number of allylic oxidation sites excluding steroid dienone is 1. The molecular formula is C33H32Cl2N2O4. The molecule has 2 fully saturated rings. The topological polar surface area (TPSA) is 76.7 Å². The lowest BCUT2D eigenvalue weighted by Crippen LogP contribution is -2.57. The highest BCUT2D eigenvalue weighted by Gasteiger charge is 2.62. The summed E-state index contributed by atoms with van der Waals surface area (Å²) in [6, 6.07) is 16.2. The van der Waals surface area contributed by atoms with Gasteiger partial charge in [0.25, 0.3) is 0 Å². The number of halogens is 2. The highest BCUT2D eigenvalue weighted by atomic mass is 35.5. The second kappa shape index (κ2) is 10.2. The molecule has 0 radical (unpaired) electrons. The van der Waals surface area contributed by atoms with E-state index in [1.807, 2.05) is 56.3 Å². The summed E-state index contributed by atoms with van der Waals surface area (Å²) in [5.74, 6) is -0.304. The van der Waals surface area contributed by atoms with Crippen LogP contribution < -0.4 is 15.4 Å². The second-order valence-electron chi connectivity index (χ2n) is 11.9. The van der Waals surface area contributed by atoms with E-state index in [2.05, 4.69) is 24.1 Å². The fraction of sp³-hybridized carbons (Fsp3) is 0.333. The number of benzene rings is 3. The third-order valence-electron chi connectivity index (χ3n) is 8.66. The van der Waals surface area contributed by atoms with E-state index < -0.39 is 17.4 Å². The average Bonchev–Trinajstić information content (AvgIpc) is 3.19. The number of carbonyl (C=O) groups is 2. The summed E-state index contributed by atoms with van der Waals surface area (Å²) in [4.78, 5) is 28.0. The quantitative estimate of drug-likeness (QED) is 0.324. The minimum atomic E-state index is -1.21. The molecule has 6 rings (SSSR count). The molecule has 3 aromatic rings. The number of fused-ring (bicyclic) bond motifs is 2. The van der Waals surface area contributed by atoms with Gasteiger partial charge in [0.2, 0.25) is 11.8 Å². The first-order valence-electron chi connectivity index (χ1n) is 13.7. The summed E-state index contributed by atoms with van der Waals surface area (Å²) < 4.78 is 11.9. The number of rotatable bonds is 6. The third-order valence-corrected chi connectivity index (χ3v) is 9.13. The third kappa shape index (κ3) is 4.62. The number of nitrogens with one attached hydrogen (secondary N) is 2. The molecule has 8 heteroatoms. The first-order chi connectivity index (χ1) is 19.5. The van der Waals surface area contributed by atoms with Crippen LogP contribution in [-0.4, -0.2) is 31.6 Å². The van der Waals surface area contributed by atoms with Crippen molar-refractivity contribution >= 4 is 46.3 Å². The van der Waals surface area contributed by atoms with Gasteiger partial charge in [-0.3, -0.25) is 9.59 Å². The van der Waals surface area contributed by atoms with Gasteiger partial charge >= 0.3 is 0 Å². The lowest BCUT2D eigenvalue weighted by molar-refractivity contribution is -0.131. The summed E-state index contributed by atoms with van der Waals surface area (Å²) in [6.45, 7) is 11.9. The first-order valence-corrected chi connectivity index (χ1v) is 14.4. The van der Waals surface area contributed by atoms with Crippen LogP contribution in [0, 0.1) is 12.3 Å². The number of hydrogen-bond donors (Lipinski definition) is 2. The molecule has 0 bridgehead atoms. The lowest BCUT2D eigenvalue weighted by atomic mass is 9.58. The molecule has 3 aromatic carbocycles. The maximum atomic E-state index is 14.5. The predicted molar refractivity (Wildman–Crippen MR) is 162 cm³/mol. The van der Waals surface area contributed by atoms with Crippen molar-refractivity contribution in [3.05, 3.63) is 99.0 Å². The highest BCUT2D eigenvalue weighted by molar-refractivity contribution is 6.31. The van der Waals surface area contributed by atoms with Gasteiger partial charge in [0.15, 0.2) is 0 Å². The van der Waals surface area contributed by atoms with Crippen molar-refractivity contribution in [1.29, 1.82) is 0 Å². The molecule has 0 saturated carbocycles. The zero-order chi connectivity index (χ0) is 29.1. The van der Waals surface area contributed by atoms with E-state index in [1.165, 1.54) is 0 Å². The molecule has 2 amide bonds. The Kier molecular flexibility index (Phi) is 6.92. The zero-order valence-corrected chi connectivity index (χ0v) is 24.8. The molecule has 6 nitrogen and oxygen atoms in total. The Morgan fingerprint density at radius 1 is 1.05 bits per heavy atom. The smallest absolute Gasteiger partial charge is 0.238 e. The number of carbonyl (C=O) groups excluding carboxylic acids is 2. The Hall–Kier alpha value is -3.32. The van der Waals surface area contributed by atoms with Crippen molar-refractivity contribution < 1.29 is 19.1 Å². The minimum Gasteiger partial charge on any atom is -0.493 e. The number of amides is 2. The van der Waals surface area contributed by atoms with Gasteiger partial charge in [0.05, 0.1) is 25.9 Å². The Labute approximate surface area is 250 Å². The molecule has 3 atom stereocenters. The molecular weight excluding hydrogens is 559 g/mol. The number of anilines is 1. The second-order valence-corrected chi connectivity index (χ2v) is 12.8. The van der Waals surface area contributed by atoms with Crippen molar-refractivity contribution in [2.45, 2.75) is 44.6 Å². The molecule has 3 heterocycles. The van der Waals surface area contributed by atoms with Gasteiger partial charge in [-0.1, -0.05) is 60.5 Å². The molecule has 0 aromatic heterocycles. The molecule has 1 spiro atoms. The van der Waals surface area contributed by atoms with Crippen molar-refractivity contribution in [2.24, 2.45) is 5.41 Å². The first kappa shape index (κ1) is 27.8. The van der Waals surface area contributed by atoms with Crippen LogP contribution in [0.3, 0.4) is 0 Å². The molecule has 3 aliphatic heterocycles. The lowest BCUT2D eigenvalue weighted by Gasteiger charge is -2.47. The SMILES string of the molecule is C=C(C)c1ccc(OCC2(C)COC2)c([C@H]2CC(=O)N[C@@H](c3cc(Cl)ccc3C)C23C(=O)Nc2cc(Cl)ccc23)c1. The van der Waals surface area contributed by atoms with Gasteiger partial charge in [-0.05, 0) is 78.1 Å². The standard InChI is InChI=1S/C33H32Cl2N2O4/c1-18(2)20-6-10-28(41-17-32(4)15-40-16-32)24(11-20)26-14-29(38)37-30(23-12-21(34)7-5-19(23)3)33(26)25-9-8-22(35)13-27(25)36-31(33)39/h5-13,26,30H,1,14-17H2,2-4H3,(H,36,39)(H,37,38)/t26-,30+,33?/m1/s1. The Morgan fingerprint density at radius 3 is 2.49 bits per heavy atom. The van der Waals surface area contributed by atoms with E-state index >= 15 is 0 Å². The molecule has 41 heavy (non-hydrogen) atoms. The number of aryl methyl sites for hydroxylation is 1. The van der Waals surface area contributed by atoms with E-state index in [1.54, 1.807) is 12.1 Å². The maximum Gasteiger partial charge on any atom is 0.238 e. The van der Waals surface area contributed by atoms with Crippen LogP contribution in [-0.2, 0) is 19.7 Å². The van der Waals surface area contributed by atoms with Crippen LogP contribution in [0.2, 0.25) is 10.0 Å². The van der Waals surface area contributed by atoms with E-state index in [-0.39, 0.29) is 23.7 Å². The molecule has 2 saturated heterocycles. The minimum absolute atomic E-state index is 0.0853. The zero-order valence-electron chi connectivity index (χ0n) is 23.3. The van der Waals surface area contributed by atoms with Gasteiger partial charge in [-0.2, -0.15) is 0 Å². The van der Waals surface area contributed by atoms with Gasteiger partial charge in [-0.25, -0.2) is 0 Å². The van der Waals surface area contributed by atoms with Crippen LogP contribution >= 0.6 is 23.2 Å². The van der Waals surface area contributed by atoms with Crippen LogP contribution in [0.5, 0.6) is 5.75 Å². The van der Waals surface area contributed by atoms with Crippen LogP contribution in [0.1, 0.15) is 60.0 Å². The molecule has 2 N–H and O–H groups in total. The Morgan fingerprint density at radius 2 is 1.78 bits per heavy atom. The predicted octanol–water partition coefficient (Wildman–Crippen LogP) is 6.99. The van der Waals surface area contributed by atoms with E-state index in [9.17, 15) is 9.59 Å². The molecule has 1 unspecified atom stereocenters. The monoisotopic (exact) mass is 590 g/mol. The molecule has 212 valence electrons. The van der Waals surface area contributed by atoms with Crippen LogP contribution in [0.4, 0.5) is 5.69 Å². The largest absolute Gasteiger partial charge is 0.493 e. The molecule has 3 aliphatic rings. The highest BCUT2D eigenvalue weighted by Crippen LogP contribution is 2.59. The van der Waals surface area contributed by atoms with E-state index in [0.717, 1.165) is 33.4 Å². The fourth-order valence-electron chi connectivity index (χ4n) is 6.45. The van der Waals surface area contributed by atoms with Crippen molar-refractivity contribution in [3.8, 4) is 5.75 Å². The Balaban J connectivity index is 1.60. The number of piperidine rings is 1. The summed E-state index contributed by atoms with van der Waals surface area (Å²) in [7, 11) is 0. The maximum absolute atomic E-state index is 14.5. The fourth-order valence-corrected chi connectivity index (χ4v) is 6.80. The number of hydrogen-bond acceptors (Lipinski definition) is 4. The molecule has 0 aliphatic carbocycles. The van der Waals surface area contributed by atoms with Gasteiger partial charge in [-0.15, -0.1) is 0 Å². The summed E-state index contributed by atoms with van der Waals surface area (Å²) in [5, 5.41) is 7.32. The van der Waals surface area contributed by atoms with Crippen molar-refractivity contribution in [2.75, 3.05) is 25.1 Å². The van der Waals surface area contributed by atoms with Crippen molar-refractivity contribution in [3.63, 3.8) is 0 Å². The Bertz CT molecular complexity index is 1600. The van der Waals surface area contributed by atoms with Gasteiger partial charge in [0.1, 0.15) is 11.2 Å².